The summed E-state index contributed by atoms with van der Waals surface area (Å²) < 4.78 is 39.4. The Balaban J connectivity index is 1.34. The van der Waals surface area contributed by atoms with Crippen molar-refractivity contribution in [2.45, 2.75) is 44.1 Å². The number of ether oxygens (including phenoxy) is 2. The number of halogens is 2. The molecule has 0 N–H and O–H groups in total. The lowest BCUT2D eigenvalue weighted by Gasteiger charge is -2.28. The van der Waals surface area contributed by atoms with Gasteiger partial charge in [0.15, 0.2) is 0 Å². The first-order chi connectivity index (χ1) is 17.9. The summed E-state index contributed by atoms with van der Waals surface area (Å²) in [5.74, 6) is 6.86. The van der Waals surface area contributed by atoms with Crippen molar-refractivity contribution < 1.29 is 23.0 Å². The Morgan fingerprint density at radius 3 is 2.73 bits per heavy atom. The van der Waals surface area contributed by atoms with E-state index in [1.54, 1.807) is 24.1 Å². The van der Waals surface area contributed by atoms with Crippen molar-refractivity contribution in [3.8, 4) is 17.6 Å². The average molecular weight is 507 g/mol. The summed E-state index contributed by atoms with van der Waals surface area (Å²) in [5, 5.41) is 0. The van der Waals surface area contributed by atoms with E-state index in [0.717, 1.165) is 48.4 Å². The molecule has 3 aliphatic rings. The molecule has 0 radical (unpaired) electrons. The number of fused-ring (bicyclic) bond motifs is 9. The monoisotopic (exact) mass is 506 g/mol. The first kappa shape index (κ1) is 23.9. The third-order valence-electron chi connectivity index (χ3n) is 7.70. The Kier molecular flexibility index (Phi) is 6.09. The predicted octanol–water partition coefficient (Wildman–Crippen LogP) is 4.22. The van der Waals surface area contributed by atoms with E-state index in [9.17, 15) is 13.6 Å². The highest BCUT2D eigenvalue weighted by atomic mass is 19.3. The molecule has 2 atom stereocenters. The molecule has 3 aliphatic heterocycles. The van der Waals surface area contributed by atoms with Gasteiger partial charge in [0, 0.05) is 43.2 Å². The Hall–Kier alpha value is -3.48. The van der Waals surface area contributed by atoms with Crippen molar-refractivity contribution in [1.29, 1.82) is 0 Å². The maximum absolute atomic E-state index is 13.3. The zero-order valence-corrected chi connectivity index (χ0v) is 20.8. The normalized spacial score (nSPS) is 21.5. The lowest BCUT2D eigenvalue weighted by Crippen LogP contribution is -2.34. The van der Waals surface area contributed by atoms with E-state index in [4.69, 9.17) is 14.5 Å². The summed E-state index contributed by atoms with van der Waals surface area (Å²) in [7, 11) is 3.85. The number of carbonyl (C=O) groups is 1. The Morgan fingerprint density at radius 2 is 1.95 bits per heavy atom. The van der Waals surface area contributed by atoms with Gasteiger partial charge < -0.3 is 23.8 Å². The van der Waals surface area contributed by atoms with Crippen molar-refractivity contribution in [3.63, 3.8) is 0 Å². The molecule has 0 spiro atoms. The van der Waals surface area contributed by atoms with Crippen LogP contribution in [0.1, 0.15) is 58.7 Å². The first-order valence-electron chi connectivity index (χ1n) is 12.6. The number of carbonyl (C=O) groups excluding carboxylic acids is 1. The molecular formula is C28H28F2N4O3. The first-order valence-corrected chi connectivity index (χ1v) is 12.6. The van der Waals surface area contributed by atoms with Gasteiger partial charge in [-0.3, -0.25) is 4.79 Å². The third kappa shape index (κ3) is 4.24. The van der Waals surface area contributed by atoms with Gasteiger partial charge in [-0.2, -0.15) is 8.78 Å². The molecule has 1 amide bonds. The standard InChI is InChI=1S/C28H28F2N4O3/c1-32-12-10-18(11-13-32)36-14-4-5-17-8-9-20-21(15-17)34-22-16-23(26(34)31-20)33(2)27(35)19-6-3-7-24(25(19)22)37-28(29)30/h3,6-9,15,18,22-23,28H,10-14,16H2,1-2H3/t22-,23?/m1/s1. The highest BCUT2D eigenvalue weighted by Gasteiger charge is 2.45. The number of imidazole rings is 1. The lowest BCUT2D eigenvalue weighted by atomic mass is 9.97. The van der Waals surface area contributed by atoms with Crippen LogP contribution in [-0.2, 0) is 4.74 Å². The smallest absolute Gasteiger partial charge is 0.387 e. The summed E-state index contributed by atoms with van der Waals surface area (Å²) in [5.41, 5.74) is 3.30. The van der Waals surface area contributed by atoms with Crippen LogP contribution in [-0.4, -0.2) is 71.8 Å². The zero-order chi connectivity index (χ0) is 25.7. The van der Waals surface area contributed by atoms with Crippen molar-refractivity contribution in [2.75, 3.05) is 33.8 Å². The molecule has 1 aromatic heterocycles. The quantitative estimate of drug-likeness (QED) is 0.496. The zero-order valence-electron chi connectivity index (χ0n) is 20.8. The number of likely N-dealkylation sites (tertiary alicyclic amines) is 1. The van der Waals surface area contributed by atoms with E-state index >= 15 is 0 Å². The minimum Gasteiger partial charge on any atom is -0.434 e. The second-order valence-corrected chi connectivity index (χ2v) is 9.94. The van der Waals surface area contributed by atoms with Gasteiger partial charge in [-0.15, -0.1) is 0 Å². The molecule has 9 heteroatoms. The topological polar surface area (TPSA) is 59.8 Å². The molecule has 1 unspecified atom stereocenters. The number of aromatic nitrogens is 2. The van der Waals surface area contributed by atoms with Crippen LogP contribution in [0.4, 0.5) is 8.78 Å². The molecule has 1 fully saturated rings. The van der Waals surface area contributed by atoms with Crippen LogP contribution >= 0.6 is 0 Å². The van der Waals surface area contributed by atoms with Crippen molar-refractivity contribution in [3.05, 3.63) is 58.9 Å². The summed E-state index contributed by atoms with van der Waals surface area (Å²) in [6.45, 7) is -0.539. The van der Waals surface area contributed by atoms with Crippen molar-refractivity contribution >= 4 is 16.9 Å². The predicted molar refractivity (Wildman–Crippen MR) is 134 cm³/mol. The van der Waals surface area contributed by atoms with Crippen LogP contribution in [0, 0.1) is 11.8 Å². The summed E-state index contributed by atoms with van der Waals surface area (Å²) in [6, 6.07) is 9.93. The third-order valence-corrected chi connectivity index (χ3v) is 7.70. The number of rotatable bonds is 4. The van der Waals surface area contributed by atoms with Crippen LogP contribution in [0.2, 0.25) is 0 Å². The summed E-state index contributed by atoms with van der Waals surface area (Å²) >= 11 is 0. The number of benzene rings is 2. The summed E-state index contributed by atoms with van der Waals surface area (Å²) in [4.78, 5) is 22.0. The van der Waals surface area contributed by atoms with Gasteiger partial charge in [-0.1, -0.05) is 17.9 Å². The minimum atomic E-state index is -2.99. The second-order valence-electron chi connectivity index (χ2n) is 9.94. The number of alkyl halides is 2. The van der Waals surface area contributed by atoms with Gasteiger partial charge in [-0.05, 0) is 50.2 Å². The fourth-order valence-corrected chi connectivity index (χ4v) is 5.81. The van der Waals surface area contributed by atoms with Gasteiger partial charge in [0.25, 0.3) is 5.91 Å². The molecule has 7 nitrogen and oxygen atoms in total. The Labute approximate surface area is 214 Å². The number of hydrogen-bond acceptors (Lipinski definition) is 5. The molecule has 2 aromatic carbocycles. The average Bonchev–Trinajstić information content (AvgIpc) is 3.40. The van der Waals surface area contributed by atoms with Crippen molar-refractivity contribution in [2.24, 2.45) is 0 Å². The van der Waals surface area contributed by atoms with Gasteiger partial charge >= 0.3 is 6.61 Å². The van der Waals surface area contributed by atoms with E-state index in [1.807, 2.05) is 18.2 Å². The molecular weight excluding hydrogens is 478 g/mol. The highest BCUT2D eigenvalue weighted by molar-refractivity contribution is 5.97. The molecule has 4 heterocycles. The fraction of sp³-hybridized carbons (Fsp3) is 0.429. The number of piperidine rings is 1. The van der Waals surface area contributed by atoms with E-state index in [0.29, 0.717) is 24.2 Å². The highest BCUT2D eigenvalue weighted by Crippen LogP contribution is 2.49. The van der Waals surface area contributed by atoms with Crippen LogP contribution in [0.5, 0.6) is 5.75 Å². The van der Waals surface area contributed by atoms with Crippen molar-refractivity contribution in [1.82, 2.24) is 19.4 Å². The summed E-state index contributed by atoms with van der Waals surface area (Å²) in [6.07, 6.45) is 2.82. The van der Waals surface area contributed by atoms with E-state index < -0.39 is 6.61 Å². The maximum atomic E-state index is 13.3. The molecule has 0 aliphatic carbocycles. The number of nitrogens with zero attached hydrogens (tertiary/aromatic N) is 4. The van der Waals surface area contributed by atoms with Crippen LogP contribution in [0.15, 0.2) is 36.4 Å². The Bertz CT molecular complexity index is 1420. The maximum Gasteiger partial charge on any atom is 0.387 e. The van der Waals surface area contributed by atoms with Gasteiger partial charge in [-0.25, -0.2) is 4.98 Å². The molecule has 3 aromatic rings. The molecule has 2 bridgehead atoms. The molecule has 6 rings (SSSR count). The van der Waals surface area contributed by atoms with Crippen LogP contribution in [0.25, 0.3) is 11.0 Å². The SMILES string of the molecule is CN1CCC(OCC#Cc2ccc3nc4n(c3c2)[C@@H]2CC4N(C)C(=O)c3cccc(OC(F)F)c32)CC1. The fourth-order valence-electron chi connectivity index (χ4n) is 5.81. The van der Waals surface area contributed by atoms with E-state index in [1.165, 1.54) is 6.07 Å². The lowest BCUT2D eigenvalue weighted by molar-refractivity contribution is -0.0507. The number of hydrogen-bond donors (Lipinski definition) is 0. The van der Waals surface area contributed by atoms with Gasteiger partial charge in [0.1, 0.15) is 18.2 Å². The van der Waals surface area contributed by atoms with E-state index in [2.05, 4.69) is 28.4 Å². The van der Waals surface area contributed by atoms with Gasteiger partial charge in [0.05, 0.1) is 29.2 Å². The minimum absolute atomic E-state index is 0.0246. The van der Waals surface area contributed by atoms with Gasteiger partial charge in [0.2, 0.25) is 0 Å². The largest absolute Gasteiger partial charge is 0.434 e. The Morgan fingerprint density at radius 1 is 1.14 bits per heavy atom. The second kappa shape index (κ2) is 9.43. The van der Waals surface area contributed by atoms with E-state index in [-0.39, 0.29) is 29.8 Å². The molecule has 0 saturated carbocycles. The molecule has 37 heavy (non-hydrogen) atoms. The van der Waals surface area contributed by atoms with Crippen LogP contribution < -0.4 is 4.74 Å². The molecule has 192 valence electrons. The number of amides is 1. The van der Waals surface area contributed by atoms with Crippen LogP contribution in [0.3, 0.4) is 0 Å². The molecule has 1 saturated heterocycles.